The minimum absolute atomic E-state index is 0.123. The number of rotatable bonds is 7. The maximum atomic E-state index is 12.7. The highest BCUT2D eigenvalue weighted by Gasteiger charge is 2.62. The fourth-order valence-corrected chi connectivity index (χ4v) is 2.69. The average Bonchev–Trinajstić information content (AvgIpc) is 2.86. The van der Waals surface area contributed by atoms with Crippen LogP contribution < -0.4 is 16.7 Å². The van der Waals surface area contributed by atoms with Gasteiger partial charge < -0.3 is 35.8 Å². The largest absolute Gasteiger partial charge is 0.462 e. The molecule has 27 heavy (non-hydrogen) atoms. The monoisotopic (exact) mass is 386 g/mol. The fourth-order valence-electron chi connectivity index (χ4n) is 2.69. The van der Waals surface area contributed by atoms with Gasteiger partial charge in [-0.1, -0.05) is 0 Å². The van der Waals surface area contributed by atoms with Crippen LogP contribution in [0.4, 0.5) is 5.82 Å². The van der Waals surface area contributed by atoms with E-state index in [2.05, 4.69) is 10.3 Å². The summed E-state index contributed by atoms with van der Waals surface area (Å²) in [7, 11) is 0. The van der Waals surface area contributed by atoms with Crippen LogP contribution in [-0.4, -0.2) is 74.8 Å². The third-order valence-electron chi connectivity index (χ3n) is 4.02. The van der Waals surface area contributed by atoms with Gasteiger partial charge in [0.05, 0.1) is 13.2 Å². The number of nitrogen functional groups attached to an aromatic ring is 1. The zero-order chi connectivity index (χ0) is 20.2. The summed E-state index contributed by atoms with van der Waals surface area (Å²) in [6.07, 6.45) is -3.58. The van der Waals surface area contributed by atoms with Crippen LogP contribution in [0.3, 0.4) is 0 Å². The highest BCUT2D eigenvalue weighted by Crippen LogP contribution is 2.36. The number of amides is 1. The lowest BCUT2D eigenvalue weighted by Gasteiger charge is -2.31. The molecule has 1 fully saturated rings. The van der Waals surface area contributed by atoms with E-state index in [9.17, 15) is 29.7 Å². The van der Waals surface area contributed by atoms with E-state index in [4.69, 9.17) is 15.2 Å². The highest BCUT2D eigenvalue weighted by atomic mass is 16.6. The van der Waals surface area contributed by atoms with Gasteiger partial charge in [0, 0.05) is 19.7 Å². The second-order valence-corrected chi connectivity index (χ2v) is 5.95. The molecule has 0 bridgehead atoms. The molecule has 0 saturated carbocycles. The van der Waals surface area contributed by atoms with Crippen molar-refractivity contribution >= 4 is 17.7 Å². The lowest BCUT2D eigenvalue weighted by molar-refractivity contribution is -0.202. The van der Waals surface area contributed by atoms with Gasteiger partial charge in [0.2, 0.25) is 5.91 Å². The van der Waals surface area contributed by atoms with E-state index in [0.29, 0.717) is 4.57 Å². The first-order chi connectivity index (χ1) is 12.7. The summed E-state index contributed by atoms with van der Waals surface area (Å²) in [5.41, 5.74) is 1.97. The van der Waals surface area contributed by atoms with Crippen LogP contribution in [0, 0.1) is 0 Å². The lowest BCUT2D eigenvalue weighted by atomic mass is 10.0. The Bertz CT molecular complexity index is 754. The van der Waals surface area contributed by atoms with E-state index in [1.54, 1.807) is 0 Å². The molecule has 2 heterocycles. The van der Waals surface area contributed by atoms with Crippen molar-refractivity contribution < 1.29 is 34.4 Å². The second-order valence-electron chi connectivity index (χ2n) is 5.95. The molecule has 0 spiro atoms. The summed E-state index contributed by atoms with van der Waals surface area (Å²) in [6, 6.07) is 1.20. The molecule has 0 aliphatic carbocycles. The standard InChI is InChI=1S/C15H22N4O8/c1-8(21)17-4-2-6-26-13(24)15(12(23)11(22)9(7-20)27-15)19-5-3-10(16)18-14(19)25/h3,5,9,11-12,20,22-23H,2,4,6-7H2,1H3,(H,17,21)(H2,16,18,25)/t9-,11-,12-,15+/m1/s1. The zero-order valence-electron chi connectivity index (χ0n) is 14.6. The molecule has 6 N–H and O–H groups in total. The Morgan fingerprint density at radius 1 is 1.48 bits per heavy atom. The molecule has 1 saturated heterocycles. The van der Waals surface area contributed by atoms with Crippen molar-refractivity contribution in [3.8, 4) is 0 Å². The quantitative estimate of drug-likeness (QED) is 0.234. The van der Waals surface area contributed by atoms with E-state index >= 15 is 0 Å². The number of carbonyl (C=O) groups excluding carboxylic acids is 2. The van der Waals surface area contributed by atoms with Crippen molar-refractivity contribution in [2.24, 2.45) is 0 Å². The summed E-state index contributed by atoms with van der Waals surface area (Å²) >= 11 is 0. The summed E-state index contributed by atoms with van der Waals surface area (Å²) < 4.78 is 11.1. The molecule has 1 aromatic rings. The lowest BCUT2D eigenvalue weighted by Crippen LogP contribution is -2.56. The van der Waals surface area contributed by atoms with E-state index in [0.717, 1.165) is 6.20 Å². The predicted molar refractivity (Wildman–Crippen MR) is 89.1 cm³/mol. The third kappa shape index (κ3) is 4.08. The van der Waals surface area contributed by atoms with Gasteiger partial charge in [-0.15, -0.1) is 0 Å². The molecule has 1 amide bonds. The molecule has 0 aromatic carbocycles. The number of esters is 1. The fraction of sp³-hybridized carbons (Fsp3) is 0.600. The smallest absolute Gasteiger partial charge is 0.363 e. The summed E-state index contributed by atoms with van der Waals surface area (Å²) in [4.78, 5) is 39.2. The Hall–Kier alpha value is -2.54. The van der Waals surface area contributed by atoms with Gasteiger partial charge >= 0.3 is 11.7 Å². The molecule has 1 aliphatic rings. The number of hydrogen-bond donors (Lipinski definition) is 5. The number of ether oxygens (including phenoxy) is 2. The van der Waals surface area contributed by atoms with Crippen LogP contribution >= 0.6 is 0 Å². The minimum atomic E-state index is -2.45. The number of nitrogens with two attached hydrogens (primary N) is 1. The number of aromatic nitrogens is 2. The molecule has 12 heteroatoms. The molecule has 0 unspecified atom stereocenters. The van der Waals surface area contributed by atoms with E-state index in [1.165, 1.54) is 13.0 Å². The first-order valence-electron chi connectivity index (χ1n) is 8.16. The molecular formula is C15H22N4O8. The van der Waals surface area contributed by atoms with Crippen LogP contribution in [0.25, 0.3) is 0 Å². The molecule has 1 aromatic heterocycles. The summed E-state index contributed by atoms with van der Waals surface area (Å²) in [6.45, 7) is 0.700. The van der Waals surface area contributed by atoms with Crippen LogP contribution in [0.1, 0.15) is 13.3 Å². The van der Waals surface area contributed by atoms with Crippen LogP contribution in [0.15, 0.2) is 17.1 Å². The van der Waals surface area contributed by atoms with Gasteiger partial charge in [-0.05, 0) is 12.5 Å². The maximum Gasteiger partial charge on any atom is 0.363 e. The first-order valence-corrected chi connectivity index (χ1v) is 8.16. The number of carbonyl (C=O) groups is 2. The first kappa shape index (κ1) is 20.8. The Morgan fingerprint density at radius 3 is 2.74 bits per heavy atom. The predicted octanol–water partition coefficient (Wildman–Crippen LogP) is -3.34. The zero-order valence-corrected chi connectivity index (χ0v) is 14.6. The molecule has 4 atom stereocenters. The number of anilines is 1. The van der Waals surface area contributed by atoms with Crippen LogP contribution in [-0.2, 0) is 24.8 Å². The molecule has 1 aliphatic heterocycles. The van der Waals surface area contributed by atoms with Gasteiger partial charge in [0.1, 0.15) is 24.1 Å². The van der Waals surface area contributed by atoms with Crippen molar-refractivity contribution in [3.05, 3.63) is 22.7 Å². The Morgan fingerprint density at radius 2 is 2.19 bits per heavy atom. The Balaban J connectivity index is 2.30. The topological polar surface area (TPSA) is 186 Å². The maximum absolute atomic E-state index is 12.7. The van der Waals surface area contributed by atoms with Crippen LogP contribution in [0.2, 0.25) is 0 Å². The van der Waals surface area contributed by atoms with Gasteiger partial charge in [-0.25, -0.2) is 9.59 Å². The van der Waals surface area contributed by atoms with E-state index < -0.39 is 42.3 Å². The normalized spacial score (nSPS) is 27.3. The average molecular weight is 386 g/mol. The third-order valence-corrected chi connectivity index (χ3v) is 4.02. The molecule has 12 nitrogen and oxygen atoms in total. The SMILES string of the molecule is CC(=O)NCCCOC(=O)[C@@]1(n2ccc(N)nc2=O)O[C@H](CO)[C@@H](O)[C@H]1O. The van der Waals surface area contributed by atoms with Crippen LogP contribution in [0.5, 0.6) is 0 Å². The van der Waals surface area contributed by atoms with Gasteiger partial charge in [-0.3, -0.25) is 9.36 Å². The molecule has 0 radical (unpaired) electrons. The number of nitrogens with zero attached hydrogens (tertiary/aromatic N) is 2. The summed E-state index contributed by atoms with van der Waals surface area (Å²) in [5.74, 6) is -1.54. The molecular weight excluding hydrogens is 364 g/mol. The molecule has 150 valence electrons. The van der Waals surface area contributed by atoms with Crippen molar-refractivity contribution in [2.75, 3.05) is 25.5 Å². The van der Waals surface area contributed by atoms with E-state index in [-0.39, 0.29) is 31.3 Å². The van der Waals surface area contributed by atoms with Crippen molar-refractivity contribution in [2.45, 2.75) is 37.4 Å². The number of aliphatic hydroxyl groups is 3. The second kappa shape index (κ2) is 8.43. The van der Waals surface area contributed by atoms with Gasteiger partial charge in [0.15, 0.2) is 0 Å². The van der Waals surface area contributed by atoms with Gasteiger partial charge in [0.25, 0.3) is 5.72 Å². The van der Waals surface area contributed by atoms with Crippen molar-refractivity contribution in [3.63, 3.8) is 0 Å². The van der Waals surface area contributed by atoms with Crippen molar-refractivity contribution in [1.29, 1.82) is 0 Å². The van der Waals surface area contributed by atoms with E-state index in [1.807, 2.05) is 0 Å². The minimum Gasteiger partial charge on any atom is -0.462 e. The Kier molecular flexibility index (Phi) is 6.49. The van der Waals surface area contributed by atoms with Crippen molar-refractivity contribution in [1.82, 2.24) is 14.9 Å². The highest BCUT2D eigenvalue weighted by molar-refractivity contribution is 5.79. The Labute approximate surface area is 153 Å². The summed E-state index contributed by atoms with van der Waals surface area (Å²) in [5, 5.41) is 32.3. The number of aliphatic hydroxyl groups excluding tert-OH is 3. The molecule has 2 rings (SSSR count). The number of hydrogen-bond acceptors (Lipinski definition) is 10. The number of nitrogens with one attached hydrogen (secondary N) is 1. The van der Waals surface area contributed by atoms with Gasteiger partial charge in [-0.2, -0.15) is 4.98 Å².